The highest BCUT2D eigenvalue weighted by Crippen LogP contribution is 2.11. The molecule has 0 radical (unpaired) electrons. The van der Waals surface area contributed by atoms with Crippen LogP contribution >= 0.6 is 0 Å². The van der Waals surface area contributed by atoms with Crippen molar-refractivity contribution in [1.82, 2.24) is 20.8 Å². The van der Waals surface area contributed by atoms with E-state index in [1.54, 1.807) is 7.05 Å². The lowest BCUT2D eigenvalue weighted by atomic mass is 10.0. The number of carbonyl (C=O) groups excluding carboxylic acids is 1. The summed E-state index contributed by atoms with van der Waals surface area (Å²) < 4.78 is 0. The standard InChI is InChI=1S/C13H24N4O/c1-8(2)6-12(13(18)14-5)15-7-11-9(3)16-17-10(11)4/h8,12,15H,6-7H2,1-5H3,(H,14,18)(H,16,17). The number of nitrogens with one attached hydrogen (secondary N) is 3. The first kappa shape index (κ1) is 14.7. The van der Waals surface area contributed by atoms with Gasteiger partial charge in [0.2, 0.25) is 5.91 Å². The highest BCUT2D eigenvalue weighted by molar-refractivity contribution is 5.81. The molecule has 0 bridgehead atoms. The van der Waals surface area contributed by atoms with Gasteiger partial charge in [-0.15, -0.1) is 0 Å². The number of hydrogen-bond donors (Lipinski definition) is 3. The minimum Gasteiger partial charge on any atom is -0.358 e. The van der Waals surface area contributed by atoms with Gasteiger partial charge in [0.1, 0.15) is 0 Å². The van der Waals surface area contributed by atoms with E-state index < -0.39 is 0 Å². The summed E-state index contributed by atoms with van der Waals surface area (Å²) in [6.45, 7) is 8.86. The Balaban J connectivity index is 2.64. The van der Waals surface area contributed by atoms with Crippen molar-refractivity contribution in [1.29, 1.82) is 0 Å². The minimum absolute atomic E-state index is 0.0440. The maximum Gasteiger partial charge on any atom is 0.236 e. The number of rotatable bonds is 6. The Bertz CT molecular complexity index is 378. The van der Waals surface area contributed by atoms with Gasteiger partial charge in [-0.2, -0.15) is 5.10 Å². The molecule has 1 rings (SSSR count). The van der Waals surface area contributed by atoms with Crippen LogP contribution in [0.5, 0.6) is 0 Å². The third kappa shape index (κ3) is 3.84. The Kier molecular flexibility index (Phi) is 5.34. The maximum atomic E-state index is 11.8. The van der Waals surface area contributed by atoms with E-state index in [9.17, 15) is 4.79 Å². The summed E-state index contributed by atoms with van der Waals surface area (Å²) in [6, 6.07) is -0.149. The molecule has 1 unspecified atom stereocenters. The minimum atomic E-state index is -0.149. The van der Waals surface area contributed by atoms with Gasteiger partial charge in [-0.1, -0.05) is 13.8 Å². The fraction of sp³-hybridized carbons (Fsp3) is 0.692. The quantitative estimate of drug-likeness (QED) is 0.714. The van der Waals surface area contributed by atoms with Crippen molar-refractivity contribution in [3.05, 3.63) is 17.0 Å². The maximum absolute atomic E-state index is 11.8. The summed E-state index contributed by atoms with van der Waals surface area (Å²) in [5, 5.41) is 13.1. The lowest BCUT2D eigenvalue weighted by Crippen LogP contribution is -2.43. The smallest absolute Gasteiger partial charge is 0.236 e. The molecule has 0 aliphatic heterocycles. The molecule has 1 heterocycles. The van der Waals surface area contributed by atoms with Crippen molar-refractivity contribution < 1.29 is 4.79 Å². The second-order valence-electron chi connectivity index (χ2n) is 5.09. The molecule has 18 heavy (non-hydrogen) atoms. The molecule has 1 amide bonds. The highest BCUT2D eigenvalue weighted by atomic mass is 16.2. The van der Waals surface area contributed by atoms with E-state index in [0.717, 1.165) is 23.4 Å². The van der Waals surface area contributed by atoms with E-state index in [-0.39, 0.29) is 11.9 Å². The van der Waals surface area contributed by atoms with Crippen molar-refractivity contribution in [2.24, 2.45) is 5.92 Å². The molecule has 102 valence electrons. The summed E-state index contributed by atoms with van der Waals surface area (Å²) >= 11 is 0. The molecular formula is C13H24N4O. The van der Waals surface area contributed by atoms with Crippen LogP contribution in [-0.2, 0) is 11.3 Å². The normalized spacial score (nSPS) is 12.8. The van der Waals surface area contributed by atoms with Crippen molar-refractivity contribution in [3.8, 4) is 0 Å². The van der Waals surface area contributed by atoms with Gasteiger partial charge in [-0.25, -0.2) is 0 Å². The Hall–Kier alpha value is -1.36. The van der Waals surface area contributed by atoms with Gasteiger partial charge in [0.25, 0.3) is 0 Å². The zero-order chi connectivity index (χ0) is 13.7. The predicted molar refractivity (Wildman–Crippen MR) is 72.2 cm³/mol. The molecule has 1 aromatic heterocycles. The first-order valence-electron chi connectivity index (χ1n) is 6.41. The van der Waals surface area contributed by atoms with Crippen LogP contribution in [0.2, 0.25) is 0 Å². The molecule has 0 saturated heterocycles. The largest absolute Gasteiger partial charge is 0.358 e. The Morgan fingerprint density at radius 2 is 2.06 bits per heavy atom. The number of aryl methyl sites for hydroxylation is 2. The van der Waals surface area contributed by atoms with Gasteiger partial charge in [-0.3, -0.25) is 9.89 Å². The number of carbonyl (C=O) groups is 1. The summed E-state index contributed by atoms with van der Waals surface area (Å²) in [6.07, 6.45) is 0.829. The summed E-state index contributed by atoms with van der Waals surface area (Å²) in [5.41, 5.74) is 3.19. The van der Waals surface area contributed by atoms with Crippen LogP contribution in [0.1, 0.15) is 37.2 Å². The molecule has 0 aliphatic rings. The lowest BCUT2D eigenvalue weighted by Gasteiger charge is -2.19. The molecule has 1 atom stereocenters. The van der Waals surface area contributed by atoms with Crippen LogP contribution in [0.4, 0.5) is 0 Å². The average Bonchev–Trinajstić information content (AvgIpc) is 2.63. The molecule has 5 heteroatoms. The molecule has 3 N–H and O–H groups in total. The summed E-state index contributed by atoms with van der Waals surface area (Å²) in [5.74, 6) is 0.522. The van der Waals surface area contributed by atoms with Gasteiger partial charge >= 0.3 is 0 Å². The first-order chi connectivity index (χ1) is 8.45. The molecule has 0 aliphatic carbocycles. The molecule has 1 aromatic rings. The number of nitrogens with zero attached hydrogens (tertiary/aromatic N) is 1. The second-order valence-corrected chi connectivity index (χ2v) is 5.09. The zero-order valence-corrected chi connectivity index (χ0v) is 11.9. The summed E-state index contributed by atoms with van der Waals surface area (Å²) in [7, 11) is 1.67. The fourth-order valence-corrected chi connectivity index (χ4v) is 1.99. The summed E-state index contributed by atoms with van der Waals surface area (Å²) in [4.78, 5) is 11.8. The van der Waals surface area contributed by atoms with E-state index >= 15 is 0 Å². The van der Waals surface area contributed by atoms with Crippen LogP contribution < -0.4 is 10.6 Å². The number of aromatic nitrogens is 2. The lowest BCUT2D eigenvalue weighted by molar-refractivity contribution is -0.123. The monoisotopic (exact) mass is 252 g/mol. The van der Waals surface area contributed by atoms with Gasteiger partial charge < -0.3 is 10.6 Å². The van der Waals surface area contributed by atoms with E-state index in [1.165, 1.54) is 0 Å². The molecule has 0 spiro atoms. The van der Waals surface area contributed by atoms with Crippen molar-refractivity contribution in [3.63, 3.8) is 0 Å². The number of H-pyrrole nitrogens is 1. The number of amides is 1. The van der Waals surface area contributed by atoms with Gasteiger partial charge in [0.05, 0.1) is 11.7 Å². The molecular weight excluding hydrogens is 228 g/mol. The topological polar surface area (TPSA) is 69.8 Å². The zero-order valence-electron chi connectivity index (χ0n) is 11.9. The van der Waals surface area contributed by atoms with E-state index in [4.69, 9.17) is 0 Å². The van der Waals surface area contributed by atoms with Crippen LogP contribution in [-0.4, -0.2) is 29.2 Å². The number of hydrogen-bond acceptors (Lipinski definition) is 3. The first-order valence-corrected chi connectivity index (χ1v) is 6.41. The predicted octanol–water partition coefficient (Wildman–Crippen LogP) is 1.28. The third-order valence-electron chi connectivity index (χ3n) is 3.08. The van der Waals surface area contributed by atoms with Gasteiger partial charge in [0, 0.05) is 24.8 Å². The second kappa shape index (κ2) is 6.54. The van der Waals surface area contributed by atoms with E-state index in [2.05, 4.69) is 34.7 Å². The van der Waals surface area contributed by atoms with Gasteiger partial charge in [0.15, 0.2) is 0 Å². The van der Waals surface area contributed by atoms with Crippen LogP contribution in [0.15, 0.2) is 0 Å². The molecule has 0 aromatic carbocycles. The van der Waals surface area contributed by atoms with Crippen molar-refractivity contribution in [2.75, 3.05) is 7.05 Å². The Labute approximate surface area is 109 Å². The van der Waals surface area contributed by atoms with Crippen LogP contribution in [0, 0.1) is 19.8 Å². The van der Waals surface area contributed by atoms with Crippen molar-refractivity contribution >= 4 is 5.91 Å². The number of likely N-dealkylation sites (N-methyl/N-ethyl adjacent to an activating group) is 1. The van der Waals surface area contributed by atoms with Gasteiger partial charge in [-0.05, 0) is 26.2 Å². The third-order valence-corrected chi connectivity index (χ3v) is 3.08. The average molecular weight is 252 g/mol. The van der Waals surface area contributed by atoms with E-state index in [1.807, 2.05) is 13.8 Å². The molecule has 0 saturated carbocycles. The highest BCUT2D eigenvalue weighted by Gasteiger charge is 2.18. The molecule has 5 nitrogen and oxygen atoms in total. The van der Waals surface area contributed by atoms with Crippen LogP contribution in [0.25, 0.3) is 0 Å². The Morgan fingerprint density at radius 1 is 1.39 bits per heavy atom. The van der Waals surface area contributed by atoms with E-state index in [0.29, 0.717) is 12.5 Å². The fourth-order valence-electron chi connectivity index (χ4n) is 1.99. The SMILES string of the molecule is CNC(=O)C(CC(C)C)NCc1c(C)n[nH]c1C. The number of aromatic amines is 1. The van der Waals surface area contributed by atoms with Crippen molar-refractivity contribution in [2.45, 2.75) is 46.7 Å². The molecule has 0 fully saturated rings. The Morgan fingerprint density at radius 3 is 2.50 bits per heavy atom. The van der Waals surface area contributed by atoms with Crippen LogP contribution in [0.3, 0.4) is 0 Å².